The standard InChI is InChI=1S/C22H33N5O2.HI/c1-4-27(19-10-6-5-7-11-19)16-9-15-26-22(23-3)25-14-8-13-24-21(28)20-18(2)12-17-29-20;/h5-7,10-12,17H,4,8-9,13-16H2,1-3H3,(H,24,28)(H2,23,25,26);1H. The molecule has 2 rings (SSSR count). The topological polar surface area (TPSA) is 81.9 Å². The first-order valence-electron chi connectivity index (χ1n) is 10.2. The predicted molar refractivity (Wildman–Crippen MR) is 134 cm³/mol. The fourth-order valence-electron chi connectivity index (χ4n) is 2.99. The number of hydrogen-bond donors (Lipinski definition) is 3. The number of nitrogens with one attached hydrogen (secondary N) is 3. The Morgan fingerprint density at radius 2 is 1.70 bits per heavy atom. The summed E-state index contributed by atoms with van der Waals surface area (Å²) in [5.41, 5.74) is 2.10. The third-order valence-electron chi connectivity index (χ3n) is 4.62. The highest BCUT2D eigenvalue weighted by atomic mass is 127. The maximum Gasteiger partial charge on any atom is 0.287 e. The molecule has 0 spiro atoms. The normalized spacial score (nSPS) is 10.8. The fraction of sp³-hybridized carbons (Fsp3) is 0.455. The molecule has 3 N–H and O–H groups in total. The number of hydrogen-bond acceptors (Lipinski definition) is 4. The summed E-state index contributed by atoms with van der Waals surface area (Å²) in [6.07, 6.45) is 3.34. The SMILES string of the molecule is CCN(CCCNC(=NC)NCCCNC(=O)c1occc1C)c1ccccc1.I. The summed E-state index contributed by atoms with van der Waals surface area (Å²) < 4.78 is 5.19. The van der Waals surface area contributed by atoms with Crippen molar-refractivity contribution >= 4 is 41.5 Å². The van der Waals surface area contributed by atoms with Crippen molar-refractivity contribution in [3.8, 4) is 0 Å². The van der Waals surface area contributed by atoms with Crippen LogP contribution >= 0.6 is 24.0 Å². The van der Waals surface area contributed by atoms with Crippen LogP contribution in [0.1, 0.15) is 35.9 Å². The van der Waals surface area contributed by atoms with Crippen LogP contribution in [0.3, 0.4) is 0 Å². The quantitative estimate of drug-likeness (QED) is 0.181. The van der Waals surface area contributed by atoms with Gasteiger partial charge in [0.2, 0.25) is 0 Å². The van der Waals surface area contributed by atoms with E-state index in [4.69, 9.17) is 4.42 Å². The first-order valence-corrected chi connectivity index (χ1v) is 10.2. The molecule has 0 bridgehead atoms. The summed E-state index contributed by atoms with van der Waals surface area (Å²) >= 11 is 0. The second-order valence-electron chi connectivity index (χ2n) is 6.74. The smallest absolute Gasteiger partial charge is 0.287 e. The van der Waals surface area contributed by atoms with Gasteiger partial charge in [0.1, 0.15) is 0 Å². The molecule has 0 aliphatic rings. The number of furan rings is 1. The monoisotopic (exact) mass is 527 g/mol. The van der Waals surface area contributed by atoms with E-state index in [-0.39, 0.29) is 29.9 Å². The van der Waals surface area contributed by atoms with Crippen molar-refractivity contribution in [2.75, 3.05) is 44.7 Å². The van der Waals surface area contributed by atoms with E-state index in [9.17, 15) is 4.79 Å². The number of anilines is 1. The van der Waals surface area contributed by atoms with E-state index < -0.39 is 0 Å². The number of nitrogens with zero attached hydrogens (tertiary/aromatic N) is 2. The minimum atomic E-state index is -0.172. The third-order valence-corrected chi connectivity index (χ3v) is 4.62. The number of benzene rings is 1. The Balaban J connectivity index is 0.00000450. The van der Waals surface area contributed by atoms with Crippen LogP contribution in [-0.4, -0.2) is 51.6 Å². The van der Waals surface area contributed by atoms with Gasteiger partial charge in [-0.3, -0.25) is 9.79 Å². The lowest BCUT2D eigenvalue weighted by Crippen LogP contribution is -2.40. The Bertz CT molecular complexity index is 764. The minimum Gasteiger partial charge on any atom is -0.459 e. The summed E-state index contributed by atoms with van der Waals surface area (Å²) in [6, 6.07) is 12.2. The van der Waals surface area contributed by atoms with Gasteiger partial charge >= 0.3 is 0 Å². The van der Waals surface area contributed by atoms with Crippen LogP contribution in [0.2, 0.25) is 0 Å². The molecule has 0 saturated heterocycles. The van der Waals surface area contributed by atoms with E-state index in [0.717, 1.165) is 50.5 Å². The van der Waals surface area contributed by atoms with Crippen LogP contribution in [0.15, 0.2) is 52.1 Å². The van der Waals surface area contributed by atoms with Crippen LogP contribution in [0.5, 0.6) is 0 Å². The molecule has 0 fully saturated rings. The molecule has 1 aromatic heterocycles. The van der Waals surface area contributed by atoms with E-state index >= 15 is 0 Å². The van der Waals surface area contributed by atoms with Gasteiger partial charge in [-0.15, -0.1) is 24.0 Å². The molecule has 0 atom stereocenters. The predicted octanol–water partition coefficient (Wildman–Crippen LogP) is 3.41. The summed E-state index contributed by atoms with van der Waals surface area (Å²) in [6.45, 7) is 8.15. The Morgan fingerprint density at radius 3 is 2.30 bits per heavy atom. The summed E-state index contributed by atoms with van der Waals surface area (Å²) in [5, 5.41) is 9.48. The minimum absolute atomic E-state index is 0. The average Bonchev–Trinajstić information content (AvgIpc) is 3.18. The number of carbonyl (C=O) groups is 1. The maximum atomic E-state index is 12.0. The van der Waals surface area contributed by atoms with Gasteiger partial charge in [-0.25, -0.2) is 0 Å². The first kappa shape index (κ1) is 25.8. The number of aliphatic imine (C=N–C) groups is 1. The molecular formula is C22H34IN5O2. The Morgan fingerprint density at radius 1 is 1.03 bits per heavy atom. The molecule has 8 heteroatoms. The maximum absolute atomic E-state index is 12.0. The van der Waals surface area contributed by atoms with Crippen LogP contribution in [0.4, 0.5) is 5.69 Å². The third kappa shape index (κ3) is 8.64. The second-order valence-corrected chi connectivity index (χ2v) is 6.74. The molecule has 1 amide bonds. The molecule has 1 aromatic carbocycles. The molecular weight excluding hydrogens is 493 g/mol. The van der Waals surface area contributed by atoms with Crippen LogP contribution in [-0.2, 0) is 0 Å². The van der Waals surface area contributed by atoms with Crippen molar-refractivity contribution in [3.05, 3.63) is 54.0 Å². The number of rotatable bonds is 11. The second kappa shape index (κ2) is 14.7. The zero-order chi connectivity index (χ0) is 20.9. The van der Waals surface area contributed by atoms with Gasteiger partial charge in [-0.05, 0) is 44.9 Å². The van der Waals surface area contributed by atoms with Gasteiger partial charge in [0.05, 0.1) is 6.26 Å². The molecule has 0 unspecified atom stereocenters. The largest absolute Gasteiger partial charge is 0.459 e. The number of carbonyl (C=O) groups excluding carboxylic acids is 1. The summed E-state index contributed by atoms with van der Waals surface area (Å²) in [4.78, 5) is 18.6. The zero-order valence-electron chi connectivity index (χ0n) is 18.1. The zero-order valence-corrected chi connectivity index (χ0v) is 20.4. The van der Waals surface area contributed by atoms with Gasteiger partial charge < -0.3 is 25.3 Å². The van der Waals surface area contributed by atoms with E-state index in [1.165, 1.54) is 12.0 Å². The van der Waals surface area contributed by atoms with E-state index in [0.29, 0.717) is 12.3 Å². The highest BCUT2D eigenvalue weighted by Gasteiger charge is 2.11. The molecule has 2 aromatic rings. The van der Waals surface area contributed by atoms with Crippen LogP contribution in [0.25, 0.3) is 0 Å². The van der Waals surface area contributed by atoms with Gasteiger partial charge in [-0.1, -0.05) is 18.2 Å². The van der Waals surface area contributed by atoms with E-state index in [1.807, 2.05) is 13.0 Å². The molecule has 0 aliphatic carbocycles. The number of para-hydroxylation sites is 1. The lowest BCUT2D eigenvalue weighted by Gasteiger charge is -2.23. The molecule has 0 saturated carbocycles. The van der Waals surface area contributed by atoms with Gasteiger partial charge in [0.15, 0.2) is 11.7 Å². The molecule has 166 valence electrons. The lowest BCUT2D eigenvalue weighted by atomic mass is 10.2. The number of guanidine groups is 1. The van der Waals surface area contributed by atoms with Crippen LogP contribution in [0, 0.1) is 6.92 Å². The molecule has 0 aliphatic heterocycles. The first-order chi connectivity index (χ1) is 14.2. The highest BCUT2D eigenvalue weighted by molar-refractivity contribution is 14.0. The molecule has 30 heavy (non-hydrogen) atoms. The van der Waals surface area contributed by atoms with Gasteiger partial charge in [-0.2, -0.15) is 0 Å². The summed E-state index contributed by atoms with van der Waals surface area (Å²) in [5.74, 6) is 0.988. The van der Waals surface area contributed by atoms with Crippen LogP contribution < -0.4 is 20.9 Å². The van der Waals surface area contributed by atoms with E-state index in [2.05, 4.69) is 57.0 Å². The average molecular weight is 527 g/mol. The fourth-order valence-corrected chi connectivity index (χ4v) is 2.99. The van der Waals surface area contributed by atoms with Crippen molar-refractivity contribution in [1.82, 2.24) is 16.0 Å². The molecule has 7 nitrogen and oxygen atoms in total. The van der Waals surface area contributed by atoms with Crippen molar-refractivity contribution in [2.24, 2.45) is 4.99 Å². The Kier molecular flexibility index (Phi) is 12.6. The van der Waals surface area contributed by atoms with Gasteiger partial charge in [0, 0.05) is 51.0 Å². The number of halogens is 1. The van der Waals surface area contributed by atoms with E-state index in [1.54, 1.807) is 13.1 Å². The number of amides is 1. The lowest BCUT2D eigenvalue weighted by molar-refractivity contribution is 0.0925. The Hall–Kier alpha value is -2.23. The van der Waals surface area contributed by atoms with Crippen molar-refractivity contribution < 1.29 is 9.21 Å². The highest BCUT2D eigenvalue weighted by Crippen LogP contribution is 2.12. The summed E-state index contributed by atoms with van der Waals surface area (Å²) in [7, 11) is 1.76. The molecule has 1 heterocycles. The van der Waals surface area contributed by atoms with Crippen molar-refractivity contribution in [2.45, 2.75) is 26.7 Å². The number of aryl methyl sites for hydroxylation is 1. The molecule has 0 radical (unpaired) electrons. The van der Waals surface area contributed by atoms with Crippen molar-refractivity contribution in [1.29, 1.82) is 0 Å². The van der Waals surface area contributed by atoms with Crippen molar-refractivity contribution in [3.63, 3.8) is 0 Å². The Labute approximate surface area is 196 Å². The van der Waals surface area contributed by atoms with Gasteiger partial charge in [0.25, 0.3) is 5.91 Å².